The van der Waals surface area contributed by atoms with Crippen LogP contribution < -0.4 is 5.32 Å². The lowest BCUT2D eigenvalue weighted by Gasteiger charge is -2.15. The fourth-order valence-corrected chi connectivity index (χ4v) is 4.83. The van der Waals surface area contributed by atoms with Crippen molar-refractivity contribution in [3.8, 4) is 9.88 Å². The van der Waals surface area contributed by atoms with Crippen LogP contribution >= 0.6 is 22.7 Å². The van der Waals surface area contributed by atoms with Gasteiger partial charge in [-0.05, 0) is 48.9 Å². The summed E-state index contributed by atoms with van der Waals surface area (Å²) in [7, 11) is 1.61. The van der Waals surface area contributed by atoms with Gasteiger partial charge in [0.1, 0.15) is 10.8 Å². The summed E-state index contributed by atoms with van der Waals surface area (Å²) in [6, 6.07) is 15.3. The number of fused-ring (bicyclic) bond motifs is 1. The number of nitrogens with one attached hydrogen (secondary N) is 1. The van der Waals surface area contributed by atoms with Gasteiger partial charge in [0.05, 0.1) is 26.5 Å². The predicted octanol–water partition coefficient (Wildman–Crippen LogP) is 4.44. The number of thiophene rings is 1. The molecule has 0 radical (unpaired) electrons. The van der Waals surface area contributed by atoms with Crippen molar-refractivity contribution in [1.29, 1.82) is 0 Å². The summed E-state index contributed by atoms with van der Waals surface area (Å²) in [6.45, 7) is 1.87. The Morgan fingerprint density at radius 1 is 1.10 bits per heavy atom. The van der Waals surface area contributed by atoms with Gasteiger partial charge in [-0.1, -0.05) is 12.1 Å². The Morgan fingerprint density at radius 3 is 2.72 bits per heavy atom. The van der Waals surface area contributed by atoms with E-state index in [0.717, 1.165) is 25.7 Å². The molecular weight excluding hydrogens is 404 g/mol. The number of anilines is 1. The zero-order valence-electron chi connectivity index (χ0n) is 15.9. The average molecular weight is 423 g/mol. The SMILES string of the molecule is Cc1ccnc(NC(=O)CN(C)C(=O)c2ccc(-c3nc4ccccc4s3)s2)c1. The number of carbonyl (C=O) groups is 2. The Hall–Kier alpha value is -3.10. The molecule has 2 amide bonds. The van der Waals surface area contributed by atoms with Gasteiger partial charge >= 0.3 is 0 Å². The van der Waals surface area contributed by atoms with Gasteiger partial charge in [-0.3, -0.25) is 9.59 Å². The van der Waals surface area contributed by atoms with Crippen LogP contribution in [0.2, 0.25) is 0 Å². The maximum atomic E-state index is 12.7. The largest absolute Gasteiger partial charge is 0.332 e. The first-order chi connectivity index (χ1) is 14.0. The van der Waals surface area contributed by atoms with E-state index in [2.05, 4.69) is 15.3 Å². The predicted molar refractivity (Wildman–Crippen MR) is 117 cm³/mol. The number of benzene rings is 1. The third-order valence-corrected chi connectivity index (χ3v) is 6.51. The monoisotopic (exact) mass is 422 g/mol. The molecule has 0 saturated heterocycles. The van der Waals surface area contributed by atoms with E-state index in [1.165, 1.54) is 16.2 Å². The standard InChI is InChI=1S/C21H18N4O2S2/c1-13-9-10-22-18(11-13)24-19(26)12-25(2)21(27)17-8-7-16(28-17)20-23-14-5-3-4-6-15(14)29-20/h3-11H,12H2,1-2H3,(H,22,24,26). The molecule has 8 heteroatoms. The molecule has 146 valence electrons. The Bertz CT molecular complexity index is 1170. The number of rotatable bonds is 5. The zero-order chi connectivity index (χ0) is 20.4. The van der Waals surface area contributed by atoms with Gasteiger partial charge in [-0.25, -0.2) is 9.97 Å². The smallest absolute Gasteiger partial charge is 0.264 e. The lowest BCUT2D eigenvalue weighted by Crippen LogP contribution is -2.34. The fourth-order valence-electron chi connectivity index (χ4n) is 2.81. The number of nitrogens with zero attached hydrogens (tertiary/aromatic N) is 3. The topological polar surface area (TPSA) is 75.2 Å². The van der Waals surface area contributed by atoms with E-state index >= 15 is 0 Å². The van der Waals surface area contributed by atoms with Crippen LogP contribution in [-0.4, -0.2) is 40.3 Å². The highest BCUT2D eigenvalue weighted by Crippen LogP contribution is 2.34. The number of para-hydroxylation sites is 1. The normalized spacial score (nSPS) is 10.8. The molecule has 3 heterocycles. The minimum Gasteiger partial charge on any atom is -0.332 e. The molecule has 4 aromatic rings. The van der Waals surface area contributed by atoms with Gasteiger partial charge in [0.15, 0.2) is 0 Å². The fraction of sp³-hybridized carbons (Fsp3) is 0.143. The number of hydrogen-bond donors (Lipinski definition) is 1. The van der Waals surface area contributed by atoms with Crippen molar-refractivity contribution in [1.82, 2.24) is 14.9 Å². The molecule has 29 heavy (non-hydrogen) atoms. The second kappa shape index (κ2) is 8.10. The molecule has 0 aliphatic rings. The Balaban J connectivity index is 1.43. The summed E-state index contributed by atoms with van der Waals surface area (Å²) in [5.41, 5.74) is 1.95. The molecule has 6 nitrogen and oxygen atoms in total. The lowest BCUT2D eigenvalue weighted by molar-refractivity contribution is -0.116. The molecule has 0 fully saturated rings. The Labute approximate surface area is 175 Å². The molecule has 1 aromatic carbocycles. The highest BCUT2D eigenvalue weighted by Gasteiger charge is 2.18. The third-order valence-electron chi connectivity index (χ3n) is 4.23. The van der Waals surface area contributed by atoms with Crippen molar-refractivity contribution in [3.05, 3.63) is 65.2 Å². The highest BCUT2D eigenvalue weighted by atomic mass is 32.1. The van der Waals surface area contributed by atoms with Gasteiger partial charge < -0.3 is 10.2 Å². The molecule has 4 rings (SSSR count). The Kier molecular flexibility index (Phi) is 5.37. The van der Waals surface area contributed by atoms with Crippen LogP contribution in [-0.2, 0) is 4.79 Å². The molecule has 0 saturated carbocycles. The molecule has 1 N–H and O–H groups in total. The second-order valence-corrected chi connectivity index (χ2v) is 8.69. The van der Waals surface area contributed by atoms with Crippen molar-refractivity contribution < 1.29 is 9.59 Å². The summed E-state index contributed by atoms with van der Waals surface area (Å²) in [4.78, 5) is 36.6. The number of likely N-dealkylation sites (N-methyl/N-ethyl adjacent to an activating group) is 1. The van der Waals surface area contributed by atoms with Crippen molar-refractivity contribution in [2.24, 2.45) is 0 Å². The number of thiazole rings is 1. The van der Waals surface area contributed by atoms with E-state index in [0.29, 0.717) is 10.7 Å². The van der Waals surface area contributed by atoms with E-state index in [4.69, 9.17) is 0 Å². The van der Waals surface area contributed by atoms with Crippen molar-refractivity contribution in [3.63, 3.8) is 0 Å². The van der Waals surface area contributed by atoms with Crippen LogP contribution in [0.25, 0.3) is 20.1 Å². The van der Waals surface area contributed by atoms with E-state index in [9.17, 15) is 9.59 Å². The third kappa shape index (κ3) is 4.33. The summed E-state index contributed by atoms with van der Waals surface area (Å²) in [6.07, 6.45) is 1.63. The minimum absolute atomic E-state index is 0.0528. The Morgan fingerprint density at radius 2 is 1.93 bits per heavy atom. The molecule has 3 aromatic heterocycles. The van der Waals surface area contributed by atoms with E-state index in [-0.39, 0.29) is 18.4 Å². The number of carbonyl (C=O) groups excluding carboxylic acids is 2. The maximum absolute atomic E-state index is 12.7. The van der Waals surface area contributed by atoms with Crippen molar-refractivity contribution in [2.75, 3.05) is 18.9 Å². The zero-order valence-corrected chi connectivity index (χ0v) is 17.5. The van der Waals surface area contributed by atoms with E-state index < -0.39 is 0 Å². The van der Waals surface area contributed by atoms with Crippen LogP contribution in [0, 0.1) is 6.92 Å². The van der Waals surface area contributed by atoms with E-state index in [1.807, 2.05) is 43.3 Å². The molecule has 0 aliphatic heterocycles. The average Bonchev–Trinajstić information content (AvgIpc) is 3.34. The quantitative estimate of drug-likeness (QED) is 0.516. The number of aromatic nitrogens is 2. The van der Waals surface area contributed by atoms with Gasteiger partial charge in [0.2, 0.25) is 5.91 Å². The number of pyridine rings is 1. The minimum atomic E-state index is -0.290. The molecule has 0 atom stereocenters. The summed E-state index contributed by atoms with van der Waals surface area (Å²) in [5, 5.41) is 3.61. The van der Waals surface area contributed by atoms with Gasteiger partial charge in [-0.15, -0.1) is 22.7 Å². The van der Waals surface area contributed by atoms with Crippen LogP contribution in [0.1, 0.15) is 15.2 Å². The van der Waals surface area contributed by atoms with E-state index in [1.54, 1.807) is 36.7 Å². The van der Waals surface area contributed by atoms with Gasteiger partial charge in [0, 0.05) is 13.2 Å². The highest BCUT2D eigenvalue weighted by molar-refractivity contribution is 7.26. The number of amides is 2. The number of hydrogen-bond acceptors (Lipinski definition) is 6. The van der Waals surface area contributed by atoms with Crippen molar-refractivity contribution in [2.45, 2.75) is 6.92 Å². The first-order valence-electron chi connectivity index (χ1n) is 8.93. The second-order valence-electron chi connectivity index (χ2n) is 6.58. The summed E-state index contributed by atoms with van der Waals surface area (Å²) >= 11 is 2.98. The maximum Gasteiger partial charge on any atom is 0.264 e. The van der Waals surface area contributed by atoms with Gasteiger partial charge in [-0.2, -0.15) is 0 Å². The van der Waals surface area contributed by atoms with Gasteiger partial charge in [0.25, 0.3) is 5.91 Å². The molecule has 0 spiro atoms. The molecule has 0 unspecified atom stereocenters. The summed E-state index contributed by atoms with van der Waals surface area (Å²) in [5.74, 6) is -0.0123. The van der Waals surface area contributed by atoms with Crippen LogP contribution in [0.15, 0.2) is 54.7 Å². The molecule has 0 bridgehead atoms. The van der Waals surface area contributed by atoms with Crippen molar-refractivity contribution >= 4 is 50.5 Å². The van der Waals surface area contributed by atoms with Crippen LogP contribution in [0.4, 0.5) is 5.82 Å². The van der Waals surface area contributed by atoms with Crippen LogP contribution in [0.3, 0.4) is 0 Å². The summed E-state index contributed by atoms with van der Waals surface area (Å²) < 4.78 is 1.11. The van der Waals surface area contributed by atoms with Crippen LogP contribution in [0.5, 0.6) is 0 Å². The first-order valence-corrected chi connectivity index (χ1v) is 10.6. The molecular formula is C21H18N4O2S2. The number of aryl methyl sites for hydroxylation is 1. The first kappa shape index (κ1) is 19.2. The molecule has 0 aliphatic carbocycles. The lowest BCUT2D eigenvalue weighted by atomic mass is 10.3.